The molecule has 0 aromatic heterocycles. The van der Waals surface area contributed by atoms with Crippen LogP contribution in [0.15, 0.2) is 0 Å². The van der Waals surface area contributed by atoms with Gasteiger partial charge in [-0.2, -0.15) is 0 Å². The summed E-state index contributed by atoms with van der Waals surface area (Å²) >= 11 is 0. The molecule has 1 saturated heterocycles. The number of carbonyl (C=O) groups is 5. The molecule has 2 fully saturated rings. The van der Waals surface area contributed by atoms with Crippen LogP contribution in [0, 0.1) is 22.7 Å². The molecule has 0 aromatic carbocycles. The maximum atomic E-state index is 13.9. The summed E-state index contributed by atoms with van der Waals surface area (Å²) < 4.78 is 37.5. The van der Waals surface area contributed by atoms with Crippen molar-refractivity contribution in [3.63, 3.8) is 0 Å². The van der Waals surface area contributed by atoms with Crippen molar-refractivity contribution in [2.45, 2.75) is 125 Å². The Morgan fingerprint density at radius 3 is 1.95 bits per heavy atom. The van der Waals surface area contributed by atoms with Gasteiger partial charge in [0.1, 0.15) is 29.3 Å². The number of hydrogen-bond donors (Lipinski definition) is 3. The molecule has 11 nitrogen and oxygen atoms in total. The minimum absolute atomic E-state index is 0.0226. The van der Waals surface area contributed by atoms with Gasteiger partial charge in [0.2, 0.25) is 24.1 Å². The molecule has 5 atom stereocenters. The number of likely N-dealkylation sites (tertiary alicyclic amines) is 1. The first-order chi connectivity index (χ1) is 19.3. The number of carbonyl (C=O) groups excluding carboxylic acids is 5. The van der Waals surface area contributed by atoms with Gasteiger partial charge in [-0.1, -0.05) is 34.6 Å². The summed E-state index contributed by atoms with van der Waals surface area (Å²) in [6.07, 6.45) is -4.82. The van der Waals surface area contributed by atoms with Gasteiger partial charge in [-0.25, -0.2) is 13.6 Å². The minimum Gasteiger partial charge on any atom is -0.460 e. The van der Waals surface area contributed by atoms with Crippen molar-refractivity contribution in [1.82, 2.24) is 20.9 Å². The third kappa shape index (κ3) is 10.0. The Bertz CT molecular complexity index is 1080. The number of alkyl halides is 2. The van der Waals surface area contributed by atoms with Crippen LogP contribution in [0.4, 0.5) is 13.6 Å². The summed E-state index contributed by atoms with van der Waals surface area (Å²) in [6.45, 7) is 19.5. The lowest BCUT2D eigenvalue weighted by Gasteiger charge is -2.38. The highest BCUT2D eigenvalue weighted by Crippen LogP contribution is 2.65. The Morgan fingerprint density at radius 1 is 0.907 bits per heavy atom. The first-order valence-corrected chi connectivity index (χ1v) is 14.7. The summed E-state index contributed by atoms with van der Waals surface area (Å²) in [5.41, 5.74) is -2.57. The van der Waals surface area contributed by atoms with Crippen molar-refractivity contribution in [1.29, 1.82) is 0 Å². The molecule has 0 spiro atoms. The van der Waals surface area contributed by atoms with Gasteiger partial charge in [0, 0.05) is 19.5 Å². The highest BCUT2D eigenvalue weighted by atomic mass is 19.3. The monoisotopic (exact) mass is 616 g/mol. The Hall–Kier alpha value is -2.99. The SMILES string of the molecule is CC(C)(C)OC(=O)CCNC(=O)[C@H](CC(F)F)NC(=O)[C@@H]1[C@@H]2[C@H](CN1C(=O)[C@@H](NC(=O)OC(C)(C)C)C(C)(C)C)C2(C)C. The summed E-state index contributed by atoms with van der Waals surface area (Å²) in [5, 5.41) is 7.51. The third-order valence-corrected chi connectivity index (χ3v) is 7.63. The zero-order valence-corrected chi connectivity index (χ0v) is 27.4. The number of hydrogen-bond acceptors (Lipinski definition) is 7. The van der Waals surface area contributed by atoms with Crippen molar-refractivity contribution in [2.75, 3.05) is 13.1 Å². The van der Waals surface area contributed by atoms with E-state index in [1.807, 2.05) is 13.8 Å². The fraction of sp³-hybridized carbons (Fsp3) is 0.833. The number of rotatable bonds is 10. The lowest BCUT2D eigenvalue weighted by Crippen LogP contribution is -2.61. The Morgan fingerprint density at radius 2 is 1.47 bits per heavy atom. The van der Waals surface area contributed by atoms with E-state index in [-0.39, 0.29) is 36.8 Å². The zero-order valence-electron chi connectivity index (χ0n) is 27.4. The molecule has 0 radical (unpaired) electrons. The summed E-state index contributed by atoms with van der Waals surface area (Å²) in [5.74, 6) is -2.97. The highest BCUT2D eigenvalue weighted by Gasteiger charge is 2.70. The number of piperidine rings is 1. The molecule has 0 unspecified atom stereocenters. The minimum atomic E-state index is -2.91. The Kier molecular flexibility index (Phi) is 10.9. The van der Waals surface area contributed by atoms with Crippen LogP contribution >= 0.6 is 0 Å². The predicted molar refractivity (Wildman–Crippen MR) is 155 cm³/mol. The molecule has 1 heterocycles. The van der Waals surface area contributed by atoms with Crippen LogP contribution in [-0.4, -0.2) is 83.5 Å². The van der Waals surface area contributed by atoms with E-state index in [2.05, 4.69) is 16.0 Å². The second kappa shape index (κ2) is 12.9. The maximum absolute atomic E-state index is 13.9. The third-order valence-electron chi connectivity index (χ3n) is 7.63. The molecule has 3 N–H and O–H groups in total. The first kappa shape index (κ1) is 36.2. The maximum Gasteiger partial charge on any atom is 0.408 e. The van der Waals surface area contributed by atoms with E-state index in [0.717, 1.165) is 0 Å². The molecule has 0 bridgehead atoms. The average molecular weight is 617 g/mol. The molecule has 1 saturated carbocycles. The lowest BCUT2D eigenvalue weighted by molar-refractivity contribution is -0.154. The molecule has 2 rings (SSSR count). The van der Waals surface area contributed by atoms with E-state index in [1.54, 1.807) is 62.3 Å². The lowest BCUT2D eigenvalue weighted by atomic mass is 9.85. The van der Waals surface area contributed by atoms with Crippen LogP contribution in [0.2, 0.25) is 0 Å². The largest absolute Gasteiger partial charge is 0.460 e. The van der Waals surface area contributed by atoms with E-state index in [4.69, 9.17) is 9.47 Å². The number of esters is 1. The number of alkyl carbamates (subject to hydrolysis) is 1. The number of fused-ring (bicyclic) bond motifs is 1. The average Bonchev–Trinajstić information content (AvgIpc) is 3.11. The number of ether oxygens (including phenoxy) is 2. The summed E-state index contributed by atoms with van der Waals surface area (Å²) in [4.78, 5) is 66.4. The smallest absolute Gasteiger partial charge is 0.408 e. The number of nitrogens with zero attached hydrogens (tertiary/aromatic N) is 1. The van der Waals surface area contributed by atoms with Crippen molar-refractivity contribution in [2.24, 2.45) is 22.7 Å². The van der Waals surface area contributed by atoms with Crippen molar-refractivity contribution < 1.29 is 42.2 Å². The molecule has 1 aliphatic heterocycles. The van der Waals surface area contributed by atoms with Gasteiger partial charge in [-0.05, 0) is 64.2 Å². The van der Waals surface area contributed by atoms with Crippen LogP contribution in [0.25, 0.3) is 0 Å². The van der Waals surface area contributed by atoms with Gasteiger partial charge in [0.25, 0.3) is 0 Å². The number of nitrogens with one attached hydrogen (secondary N) is 3. The van der Waals surface area contributed by atoms with Gasteiger partial charge in [0.15, 0.2) is 0 Å². The predicted octanol–water partition coefficient (Wildman–Crippen LogP) is 3.40. The van der Waals surface area contributed by atoms with Crippen LogP contribution in [0.1, 0.15) is 89.0 Å². The molecule has 43 heavy (non-hydrogen) atoms. The topological polar surface area (TPSA) is 143 Å². The molecule has 246 valence electrons. The van der Waals surface area contributed by atoms with Gasteiger partial charge in [0.05, 0.1) is 6.42 Å². The van der Waals surface area contributed by atoms with E-state index in [0.29, 0.717) is 0 Å². The van der Waals surface area contributed by atoms with Crippen LogP contribution < -0.4 is 16.0 Å². The number of amides is 4. The molecule has 13 heteroatoms. The number of halogens is 2. The summed E-state index contributed by atoms with van der Waals surface area (Å²) in [7, 11) is 0. The molecular formula is C30H50F2N4O7. The van der Waals surface area contributed by atoms with Gasteiger partial charge < -0.3 is 30.3 Å². The van der Waals surface area contributed by atoms with Gasteiger partial charge >= 0.3 is 12.1 Å². The van der Waals surface area contributed by atoms with Crippen LogP contribution in [0.3, 0.4) is 0 Å². The van der Waals surface area contributed by atoms with Gasteiger partial charge in [-0.3, -0.25) is 19.2 Å². The van der Waals surface area contributed by atoms with Crippen molar-refractivity contribution >= 4 is 29.8 Å². The fourth-order valence-corrected chi connectivity index (χ4v) is 5.52. The Labute approximate surface area is 253 Å². The molecular weight excluding hydrogens is 566 g/mol. The molecule has 0 aromatic rings. The normalized spacial score (nSPS) is 22.7. The van der Waals surface area contributed by atoms with E-state index in [9.17, 15) is 32.8 Å². The standard InChI is InChI=1S/C30H50F2N4O7/c1-27(2,3)22(35-26(41)43-29(7,8)9)25(40)36-15-16-20(30(16,10)11)21(36)24(39)34-17(14-18(31)32)23(38)33-13-12-19(37)42-28(4,5)6/h16-18,20-22H,12-15H2,1-11H3,(H,33,38)(H,34,39)(H,35,41)/t16-,17-,20-,21-,22+/m0/s1. The van der Waals surface area contributed by atoms with E-state index in [1.165, 1.54) is 4.90 Å². The zero-order chi connectivity index (χ0) is 33.3. The fourth-order valence-electron chi connectivity index (χ4n) is 5.52. The quantitative estimate of drug-likeness (QED) is 0.319. The highest BCUT2D eigenvalue weighted by molar-refractivity contribution is 5.95. The van der Waals surface area contributed by atoms with E-state index >= 15 is 0 Å². The summed E-state index contributed by atoms with van der Waals surface area (Å²) in [6, 6.07) is -3.68. The van der Waals surface area contributed by atoms with Crippen molar-refractivity contribution in [3.8, 4) is 0 Å². The first-order valence-electron chi connectivity index (χ1n) is 14.7. The van der Waals surface area contributed by atoms with E-state index < -0.39 is 77.4 Å². The van der Waals surface area contributed by atoms with Crippen LogP contribution in [0.5, 0.6) is 0 Å². The second-order valence-electron chi connectivity index (χ2n) is 15.1. The second-order valence-corrected chi connectivity index (χ2v) is 15.1. The van der Waals surface area contributed by atoms with Crippen molar-refractivity contribution in [3.05, 3.63) is 0 Å². The van der Waals surface area contributed by atoms with Gasteiger partial charge in [-0.15, -0.1) is 0 Å². The van der Waals surface area contributed by atoms with Crippen LogP contribution in [-0.2, 0) is 28.7 Å². The molecule has 1 aliphatic carbocycles. The molecule has 4 amide bonds. The Balaban J connectivity index is 2.22. The molecule has 2 aliphatic rings.